The van der Waals surface area contributed by atoms with Crippen LogP contribution in [0.1, 0.15) is 21.7 Å². The Kier molecular flexibility index (Phi) is 5.37. The van der Waals surface area contributed by atoms with E-state index in [2.05, 4.69) is 25.2 Å². The smallest absolute Gasteiger partial charge is 0.253 e. The van der Waals surface area contributed by atoms with E-state index in [1.807, 2.05) is 67.3 Å². The summed E-state index contributed by atoms with van der Waals surface area (Å²) in [6, 6.07) is 15.4. The maximum absolute atomic E-state index is 12.8. The van der Waals surface area contributed by atoms with Gasteiger partial charge >= 0.3 is 0 Å². The van der Waals surface area contributed by atoms with Gasteiger partial charge in [0.2, 0.25) is 0 Å². The Hall–Kier alpha value is -3.48. The van der Waals surface area contributed by atoms with Crippen LogP contribution in [0.3, 0.4) is 0 Å². The number of amides is 1. The third kappa shape index (κ3) is 4.51. The summed E-state index contributed by atoms with van der Waals surface area (Å²) in [6.07, 6.45) is 1.74. The molecule has 0 atom stereocenters. The Morgan fingerprint density at radius 1 is 0.931 bits per heavy atom. The van der Waals surface area contributed by atoms with E-state index in [0.717, 1.165) is 35.9 Å². The van der Waals surface area contributed by atoms with Crippen LogP contribution in [-0.4, -0.2) is 51.9 Å². The fraction of sp³-hybridized carbons (Fsp3) is 0.273. The molecule has 1 saturated heterocycles. The number of piperazine rings is 1. The molecule has 0 spiro atoms. The zero-order valence-electron chi connectivity index (χ0n) is 16.7. The maximum Gasteiger partial charge on any atom is 0.253 e. The summed E-state index contributed by atoms with van der Waals surface area (Å²) in [5, 5.41) is 3.22. The molecule has 1 fully saturated rings. The van der Waals surface area contributed by atoms with Crippen molar-refractivity contribution in [1.29, 1.82) is 0 Å². The van der Waals surface area contributed by atoms with Crippen LogP contribution in [0.15, 0.2) is 54.7 Å². The van der Waals surface area contributed by atoms with Crippen molar-refractivity contribution >= 4 is 23.4 Å². The number of benzene rings is 1. The molecule has 1 aromatic carbocycles. The van der Waals surface area contributed by atoms with Crippen LogP contribution in [0, 0.1) is 13.8 Å². The molecule has 29 heavy (non-hydrogen) atoms. The fourth-order valence-corrected chi connectivity index (χ4v) is 3.45. The quantitative estimate of drug-likeness (QED) is 0.740. The molecule has 148 valence electrons. The number of carbonyl (C=O) groups excluding carboxylic acids is 1. The minimum atomic E-state index is 0.0877. The minimum absolute atomic E-state index is 0.0877. The lowest BCUT2D eigenvalue weighted by atomic mass is 10.1. The van der Waals surface area contributed by atoms with Gasteiger partial charge in [0.1, 0.15) is 23.3 Å². The van der Waals surface area contributed by atoms with Crippen molar-refractivity contribution in [3.8, 4) is 0 Å². The summed E-state index contributed by atoms with van der Waals surface area (Å²) in [5.41, 5.74) is 1.84. The molecule has 1 aliphatic rings. The van der Waals surface area contributed by atoms with Crippen LogP contribution in [0.25, 0.3) is 0 Å². The number of hydrogen-bond donors (Lipinski definition) is 1. The van der Waals surface area contributed by atoms with E-state index in [0.29, 0.717) is 24.7 Å². The van der Waals surface area contributed by atoms with Gasteiger partial charge in [0.15, 0.2) is 0 Å². The van der Waals surface area contributed by atoms with Gasteiger partial charge in [-0.3, -0.25) is 4.79 Å². The molecular weight excluding hydrogens is 364 g/mol. The highest BCUT2D eigenvalue weighted by Crippen LogP contribution is 2.20. The normalized spacial score (nSPS) is 14.0. The van der Waals surface area contributed by atoms with Crippen molar-refractivity contribution in [2.75, 3.05) is 36.4 Å². The van der Waals surface area contributed by atoms with E-state index in [1.165, 1.54) is 0 Å². The van der Waals surface area contributed by atoms with Gasteiger partial charge in [-0.15, -0.1) is 0 Å². The summed E-state index contributed by atoms with van der Waals surface area (Å²) < 4.78 is 0. The number of rotatable bonds is 4. The first-order valence-corrected chi connectivity index (χ1v) is 9.73. The van der Waals surface area contributed by atoms with Crippen molar-refractivity contribution in [3.63, 3.8) is 0 Å². The third-order valence-electron chi connectivity index (χ3n) is 4.90. The topological polar surface area (TPSA) is 74.2 Å². The number of aryl methyl sites for hydroxylation is 2. The first-order chi connectivity index (χ1) is 14.1. The lowest BCUT2D eigenvalue weighted by molar-refractivity contribution is 0.0746. The van der Waals surface area contributed by atoms with Gasteiger partial charge in [-0.1, -0.05) is 23.8 Å². The number of carbonyl (C=O) groups is 1. The van der Waals surface area contributed by atoms with Gasteiger partial charge in [0.05, 0.1) is 0 Å². The molecule has 7 nitrogen and oxygen atoms in total. The van der Waals surface area contributed by atoms with Gasteiger partial charge in [0, 0.05) is 44.0 Å². The van der Waals surface area contributed by atoms with Crippen molar-refractivity contribution in [3.05, 3.63) is 71.7 Å². The predicted molar refractivity (Wildman–Crippen MR) is 114 cm³/mol. The highest BCUT2D eigenvalue weighted by atomic mass is 16.2. The monoisotopic (exact) mass is 388 g/mol. The second-order valence-corrected chi connectivity index (χ2v) is 7.15. The molecule has 1 N–H and O–H groups in total. The van der Waals surface area contributed by atoms with Crippen LogP contribution in [0.4, 0.5) is 17.5 Å². The Morgan fingerprint density at radius 2 is 1.76 bits per heavy atom. The van der Waals surface area contributed by atoms with Gasteiger partial charge < -0.3 is 15.1 Å². The molecule has 3 aromatic rings. The van der Waals surface area contributed by atoms with Crippen LogP contribution in [0.2, 0.25) is 0 Å². The largest absolute Gasteiger partial charge is 0.353 e. The fourth-order valence-electron chi connectivity index (χ4n) is 3.45. The van der Waals surface area contributed by atoms with E-state index in [9.17, 15) is 4.79 Å². The summed E-state index contributed by atoms with van der Waals surface area (Å²) in [6.45, 7) is 6.68. The zero-order chi connectivity index (χ0) is 20.2. The van der Waals surface area contributed by atoms with Crippen LogP contribution < -0.4 is 10.2 Å². The first kappa shape index (κ1) is 18.9. The molecular formula is C22H24N6O. The molecule has 2 aromatic heterocycles. The summed E-state index contributed by atoms with van der Waals surface area (Å²) >= 11 is 0. The lowest BCUT2D eigenvalue weighted by Gasteiger charge is -2.35. The molecule has 0 radical (unpaired) electrons. The Balaban J connectivity index is 1.43. The number of aromatic nitrogens is 3. The molecule has 0 unspecified atom stereocenters. The minimum Gasteiger partial charge on any atom is -0.353 e. The standard InChI is InChI=1S/C22H24N6O/c1-16-6-5-7-18(14-16)22(29)28-12-10-27(11-13-28)21-15-20(24-17(2)25-21)26-19-8-3-4-9-23-19/h3-9,14-15H,10-13H2,1-2H3,(H,23,24,25,26). The zero-order valence-corrected chi connectivity index (χ0v) is 16.7. The Labute approximate surface area is 170 Å². The van der Waals surface area contributed by atoms with Gasteiger partial charge in [-0.2, -0.15) is 0 Å². The van der Waals surface area contributed by atoms with E-state index in [4.69, 9.17) is 0 Å². The first-order valence-electron chi connectivity index (χ1n) is 9.73. The number of anilines is 3. The summed E-state index contributed by atoms with van der Waals surface area (Å²) in [4.78, 5) is 30.2. The number of hydrogen-bond acceptors (Lipinski definition) is 6. The number of nitrogens with one attached hydrogen (secondary N) is 1. The number of pyridine rings is 1. The molecule has 1 aliphatic heterocycles. The molecule has 3 heterocycles. The van der Waals surface area contributed by atoms with E-state index < -0.39 is 0 Å². The third-order valence-corrected chi connectivity index (χ3v) is 4.90. The van der Waals surface area contributed by atoms with Crippen LogP contribution in [-0.2, 0) is 0 Å². The molecule has 0 saturated carbocycles. The van der Waals surface area contributed by atoms with E-state index in [1.54, 1.807) is 6.20 Å². The predicted octanol–water partition coefficient (Wildman–Crippen LogP) is 3.19. The molecule has 1 amide bonds. The van der Waals surface area contributed by atoms with E-state index in [-0.39, 0.29) is 5.91 Å². The second kappa shape index (κ2) is 8.26. The van der Waals surface area contributed by atoms with Gasteiger partial charge in [-0.25, -0.2) is 15.0 Å². The summed E-state index contributed by atoms with van der Waals surface area (Å²) in [7, 11) is 0. The van der Waals surface area contributed by atoms with Crippen molar-refractivity contribution < 1.29 is 4.79 Å². The molecule has 0 aliphatic carbocycles. The van der Waals surface area contributed by atoms with Gasteiger partial charge in [-0.05, 0) is 38.1 Å². The van der Waals surface area contributed by atoms with Crippen LogP contribution >= 0.6 is 0 Å². The molecule has 7 heteroatoms. The number of nitrogens with zero attached hydrogens (tertiary/aromatic N) is 5. The van der Waals surface area contributed by atoms with Crippen molar-refractivity contribution in [2.24, 2.45) is 0 Å². The van der Waals surface area contributed by atoms with Gasteiger partial charge in [0.25, 0.3) is 5.91 Å². The molecule has 4 rings (SSSR count). The molecule has 0 bridgehead atoms. The Morgan fingerprint density at radius 3 is 2.48 bits per heavy atom. The Bertz CT molecular complexity index is 999. The van der Waals surface area contributed by atoms with Crippen molar-refractivity contribution in [1.82, 2.24) is 19.9 Å². The average molecular weight is 388 g/mol. The van der Waals surface area contributed by atoms with E-state index >= 15 is 0 Å². The summed E-state index contributed by atoms with van der Waals surface area (Å²) in [5.74, 6) is 3.09. The van der Waals surface area contributed by atoms with Crippen molar-refractivity contribution in [2.45, 2.75) is 13.8 Å². The van der Waals surface area contributed by atoms with Crippen LogP contribution in [0.5, 0.6) is 0 Å². The highest BCUT2D eigenvalue weighted by Gasteiger charge is 2.23. The average Bonchev–Trinajstić information content (AvgIpc) is 2.74. The SMILES string of the molecule is Cc1cccc(C(=O)N2CCN(c3cc(Nc4ccccn4)nc(C)n3)CC2)c1. The second-order valence-electron chi connectivity index (χ2n) is 7.15. The lowest BCUT2D eigenvalue weighted by Crippen LogP contribution is -2.49. The maximum atomic E-state index is 12.8. The highest BCUT2D eigenvalue weighted by molar-refractivity contribution is 5.94.